The van der Waals surface area contributed by atoms with Crippen LogP contribution in [-0.2, 0) is 39.4 Å². The zero-order chi connectivity index (χ0) is 28.2. The summed E-state index contributed by atoms with van der Waals surface area (Å²) in [7, 11) is -8.17. The SMILES string of the molecule is C=CC(=O)NC(C)(C)CS(=O)(=O)O.C=CC(=O)NC(C)(C)CS(=O)(=O)O.C=CC=O.C=CC=O. The molecule has 14 heteroatoms. The second-order valence-corrected chi connectivity index (χ2v) is 10.3. The Labute approximate surface area is 201 Å². The monoisotopic (exact) mass is 526 g/mol. The number of nitrogens with one attached hydrogen (secondary N) is 2. The molecule has 0 rings (SSSR count). The summed E-state index contributed by atoms with van der Waals surface area (Å²) in [5.41, 5.74) is -2.00. The normalized spacial score (nSPS) is 10.5. The highest BCUT2D eigenvalue weighted by Crippen LogP contribution is 2.06. The average molecular weight is 527 g/mol. The Hall–Kier alpha value is -2.94. The molecule has 2 amide bonds. The Morgan fingerprint density at radius 2 is 0.912 bits per heavy atom. The Kier molecular flexibility index (Phi) is 20.8. The molecule has 0 spiro atoms. The Morgan fingerprint density at radius 3 is 1.03 bits per heavy atom. The molecule has 0 bridgehead atoms. The van der Waals surface area contributed by atoms with Crippen LogP contribution in [0.3, 0.4) is 0 Å². The third-order valence-electron chi connectivity index (χ3n) is 2.57. The van der Waals surface area contributed by atoms with Crippen molar-refractivity contribution in [3.63, 3.8) is 0 Å². The minimum atomic E-state index is -4.08. The molecule has 0 aromatic heterocycles. The number of amides is 2. The average Bonchev–Trinajstić information content (AvgIpc) is 2.63. The predicted octanol–water partition coefficient (Wildman–Crippen LogP) is 0.653. The number of carbonyl (C=O) groups is 4. The molecule has 0 aliphatic rings. The molecule has 0 atom stereocenters. The number of carbonyl (C=O) groups excluding carboxylic acids is 4. The summed E-state index contributed by atoms with van der Waals surface area (Å²) in [6.07, 6.45) is 5.73. The fourth-order valence-electron chi connectivity index (χ4n) is 1.75. The van der Waals surface area contributed by atoms with E-state index >= 15 is 0 Å². The maximum Gasteiger partial charge on any atom is 0.267 e. The van der Waals surface area contributed by atoms with Crippen LogP contribution in [0.15, 0.2) is 50.6 Å². The van der Waals surface area contributed by atoms with E-state index in [0.29, 0.717) is 12.6 Å². The second-order valence-electron chi connectivity index (χ2n) is 7.35. The Bertz CT molecular complexity index is 831. The van der Waals surface area contributed by atoms with Crippen molar-refractivity contribution in [1.29, 1.82) is 0 Å². The summed E-state index contributed by atoms with van der Waals surface area (Å²) in [5.74, 6) is -2.01. The van der Waals surface area contributed by atoms with Gasteiger partial charge in [-0.1, -0.05) is 26.3 Å². The third kappa shape index (κ3) is 36.4. The lowest BCUT2D eigenvalue weighted by atomic mass is 10.1. The topological polar surface area (TPSA) is 201 Å². The molecule has 0 aliphatic heterocycles. The zero-order valence-corrected chi connectivity index (χ0v) is 21.3. The van der Waals surface area contributed by atoms with Gasteiger partial charge in [0.2, 0.25) is 11.8 Å². The van der Waals surface area contributed by atoms with Crippen LogP contribution in [-0.4, -0.2) is 72.9 Å². The first-order valence-corrected chi connectivity index (χ1v) is 12.3. The number of allylic oxidation sites excluding steroid dienone is 2. The van der Waals surface area contributed by atoms with Gasteiger partial charge in [0, 0.05) is 0 Å². The van der Waals surface area contributed by atoms with Gasteiger partial charge in [-0.05, 0) is 52.0 Å². The van der Waals surface area contributed by atoms with Crippen LogP contribution in [0.2, 0.25) is 0 Å². The van der Waals surface area contributed by atoms with Crippen molar-refractivity contribution >= 4 is 44.6 Å². The van der Waals surface area contributed by atoms with Gasteiger partial charge >= 0.3 is 0 Å². The lowest BCUT2D eigenvalue weighted by Crippen LogP contribution is -2.47. The fourth-order valence-corrected chi connectivity index (χ4v) is 3.72. The van der Waals surface area contributed by atoms with E-state index in [1.165, 1.54) is 39.8 Å². The Balaban J connectivity index is -0.000000201. The minimum Gasteiger partial charge on any atom is -0.347 e. The predicted molar refractivity (Wildman–Crippen MR) is 130 cm³/mol. The van der Waals surface area contributed by atoms with Gasteiger partial charge in [0.1, 0.15) is 12.6 Å². The molecule has 0 fully saturated rings. The quantitative estimate of drug-likeness (QED) is 0.178. The molecule has 0 aromatic rings. The van der Waals surface area contributed by atoms with E-state index in [2.05, 4.69) is 36.9 Å². The van der Waals surface area contributed by atoms with Gasteiger partial charge in [0.25, 0.3) is 20.2 Å². The van der Waals surface area contributed by atoms with Crippen LogP contribution in [0.4, 0.5) is 0 Å². The largest absolute Gasteiger partial charge is 0.347 e. The highest BCUT2D eigenvalue weighted by atomic mass is 32.2. The molecule has 0 radical (unpaired) electrons. The maximum absolute atomic E-state index is 10.8. The molecule has 0 aliphatic carbocycles. The van der Waals surface area contributed by atoms with Crippen molar-refractivity contribution in [2.24, 2.45) is 0 Å². The van der Waals surface area contributed by atoms with Gasteiger partial charge in [0.05, 0.1) is 22.6 Å². The summed E-state index contributed by atoms with van der Waals surface area (Å²) < 4.78 is 59.0. The number of hydrogen-bond donors (Lipinski definition) is 4. The Morgan fingerprint density at radius 1 is 0.706 bits per heavy atom. The van der Waals surface area contributed by atoms with Crippen molar-refractivity contribution in [3.8, 4) is 0 Å². The molecule has 34 heavy (non-hydrogen) atoms. The number of aldehydes is 2. The highest BCUT2D eigenvalue weighted by Gasteiger charge is 2.26. The molecular formula is C20H34N2O10S2. The van der Waals surface area contributed by atoms with Crippen LogP contribution >= 0.6 is 0 Å². The minimum absolute atomic E-state index is 0.478. The summed E-state index contributed by atoms with van der Waals surface area (Å²) in [4.78, 5) is 39.7. The van der Waals surface area contributed by atoms with E-state index in [9.17, 15) is 26.4 Å². The molecule has 0 saturated heterocycles. The molecule has 0 heterocycles. The lowest BCUT2D eigenvalue weighted by Gasteiger charge is -2.23. The van der Waals surface area contributed by atoms with E-state index in [0.717, 1.165) is 12.2 Å². The molecule has 4 N–H and O–H groups in total. The van der Waals surface area contributed by atoms with E-state index in [1.807, 2.05) is 0 Å². The van der Waals surface area contributed by atoms with Crippen molar-refractivity contribution in [2.75, 3.05) is 11.5 Å². The van der Waals surface area contributed by atoms with E-state index in [-0.39, 0.29) is 0 Å². The molecule has 0 saturated carbocycles. The standard InChI is InChI=1S/2C7H13NO4S.2C3H4O/c2*1-4-6(9)8-7(2,3)5-13(10,11)12;2*1-2-3-4/h2*4H,1,5H2,2-3H3,(H,8,9)(H,10,11,12);2*2-3H,1H2. The van der Waals surface area contributed by atoms with Gasteiger partial charge < -0.3 is 10.6 Å². The van der Waals surface area contributed by atoms with Gasteiger partial charge in [0.15, 0.2) is 0 Å². The van der Waals surface area contributed by atoms with Crippen LogP contribution in [0.25, 0.3) is 0 Å². The molecule has 0 aromatic carbocycles. The van der Waals surface area contributed by atoms with Crippen molar-refractivity contribution in [3.05, 3.63) is 50.6 Å². The van der Waals surface area contributed by atoms with Gasteiger partial charge in [-0.25, -0.2) is 0 Å². The maximum atomic E-state index is 10.8. The van der Waals surface area contributed by atoms with Crippen molar-refractivity contribution in [2.45, 2.75) is 38.8 Å². The summed E-state index contributed by atoms with van der Waals surface area (Å²) >= 11 is 0. The van der Waals surface area contributed by atoms with Crippen LogP contribution in [0, 0.1) is 0 Å². The third-order valence-corrected chi connectivity index (χ3v) is 4.75. The zero-order valence-electron chi connectivity index (χ0n) is 19.7. The lowest BCUT2D eigenvalue weighted by molar-refractivity contribution is -0.118. The van der Waals surface area contributed by atoms with Crippen molar-refractivity contribution < 1.29 is 45.1 Å². The highest BCUT2D eigenvalue weighted by molar-refractivity contribution is 7.86. The van der Waals surface area contributed by atoms with E-state index in [1.54, 1.807) is 0 Å². The van der Waals surface area contributed by atoms with Crippen LogP contribution in [0.1, 0.15) is 27.7 Å². The first-order chi connectivity index (χ1) is 15.2. The fraction of sp³-hybridized carbons (Fsp3) is 0.400. The van der Waals surface area contributed by atoms with Gasteiger partial charge in [-0.15, -0.1) is 0 Å². The molecule has 196 valence electrons. The second kappa shape index (κ2) is 18.5. The molecular weight excluding hydrogens is 492 g/mol. The van der Waals surface area contributed by atoms with Gasteiger partial charge in [-0.2, -0.15) is 16.8 Å². The summed E-state index contributed by atoms with van der Waals surface area (Å²) in [6.45, 7) is 18.6. The number of hydrogen-bond acceptors (Lipinski definition) is 8. The first kappa shape index (κ1) is 38.3. The summed E-state index contributed by atoms with van der Waals surface area (Å²) in [6, 6.07) is 0. The van der Waals surface area contributed by atoms with Crippen LogP contribution in [0.5, 0.6) is 0 Å². The first-order valence-electron chi connectivity index (χ1n) is 9.07. The smallest absolute Gasteiger partial charge is 0.267 e. The molecule has 0 unspecified atom stereocenters. The number of rotatable bonds is 10. The van der Waals surface area contributed by atoms with Crippen LogP contribution < -0.4 is 10.6 Å². The van der Waals surface area contributed by atoms with Gasteiger partial charge in [-0.3, -0.25) is 28.3 Å². The van der Waals surface area contributed by atoms with E-state index in [4.69, 9.17) is 18.7 Å². The molecule has 12 nitrogen and oxygen atoms in total. The summed E-state index contributed by atoms with van der Waals surface area (Å²) in [5, 5.41) is 4.73. The van der Waals surface area contributed by atoms with E-state index < -0.39 is 54.6 Å². The van der Waals surface area contributed by atoms with Crippen molar-refractivity contribution in [1.82, 2.24) is 10.6 Å².